The summed E-state index contributed by atoms with van der Waals surface area (Å²) in [5.74, 6) is 0. The molecule has 1 aromatic carbocycles. The topological polar surface area (TPSA) is 47.3 Å². The lowest BCUT2D eigenvalue weighted by Crippen LogP contribution is -2.40. The van der Waals surface area contributed by atoms with Gasteiger partial charge in [0.05, 0.1) is 19.3 Å². The average molecular weight is 192 g/mol. The fraction of sp³-hybridized carbons (Fsp3) is 0.455. The summed E-state index contributed by atoms with van der Waals surface area (Å²) in [5, 5.41) is 3.41. The minimum Gasteiger partial charge on any atom is -0.398 e. The SMILES string of the molecule is Cc1ccc(NC2COC2)c(C)c1N. The predicted octanol–water partition coefficient (Wildman–Crippen LogP) is 1.70. The van der Waals surface area contributed by atoms with Crippen LogP contribution >= 0.6 is 0 Å². The van der Waals surface area contributed by atoms with E-state index in [0.29, 0.717) is 6.04 Å². The molecule has 3 nitrogen and oxygen atoms in total. The maximum absolute atomic E-state index is 5.95. The molecule has 0 spiro atoms. The number of anilines is 2. The molecule has 0 radical (unpaired) electrons. The van der Waals surface area contributed by atoms with Gasteiger partial charge < -0.3 is 15.8 Å². The first-order chi connectivity index (χ1) is 6.68. The molecule has 3 N–H and O–H groups in total. The molecule has 1 saturated heterocycles. The van der Waals surface area contributed by atoms with E-state index in [1.807, 2.05) is 19.9 Å². The highest BCUT2D eigenvalue weighted by atomic mass is 16.5. The summed E-state index contributed by atoms with van der Waals surface area (Å²) in [6.07, 6.45) is 0. The second kappa shape index (κ2) is 3.50. The molecule has 76 valence electrons. The third kappa shape index (κ3) is 1.55. The zero-order valence-electron chi connectivity index (χ0n) is 8.63. The largest absolute Gasteiger partial charge is 0.398 e. The summed E-state index contributed by atoms with van der Waals surface area (Å²) in [4.78, 5) is 0. The van der Waals surface area contributed by atoms with Crippen LogP contribution in [-0.4, -0.2) is 19.3 Å². The molecule has 14 heavy (non-hydrogen) atoms. The number of hydrogen-bond donors (Lipinski definition) is 2. The number of nitrogens with two attached hydrogens (primary N) is 1. The molecule has 1 aromatic rings. The standard InChI is InChI=1S/C11H16N2O/c1-7-3-4-10(8(2)11(7)12)13-9-5-14-6-9/h3-4,9,13H,5-6,12H2,1-2H3. The van der Waals surface area contributed by atoms with Gasteiger partial charge >= 0.3 is 0 Å². The van der Waals surface area contributed by atoms with Gasteiger partial charge in [-0.3, -0.25) is 0 Å². The highest BCUT2D eigenvalue weighted by Gasteiger charge is 2.18. The molecule has 3 heteroatoms. The zero-order chi connectivity index (χ0) is 10.1. The van der Waals surface area contributed by atoms with E-state index >= 15 is 0 Å². The van der Waals surface area contributed by atoms with Crippen LogP contribution in [0.5, 0.6) is 0 Å². The minimum atomic E-state index is 0.454. The van der Waals surface area contributed by atoms with Crippen LogP contribution in [0.15, 0.2) is 12.1 Å². The first-order valence-electron chi connectivity index (χ1n) is 4.88. The Morgan fingerprint density at radius 3 is 2.64 bits per heavy atom. The monoisotopic (exact) mass is 192 g/mol. The van der Waals surface area contributed by atoms with E-state index in [0.717, 1.165) is 35.7 Å². The molecular formula is C11H16N2O. The van der Waals surface area contributed by atoms with Crippen LogP contribution in [0.25, 0.3) is 0 Å². The molecule has 0 aromatic heterocycles. The number of nitrogens with one attached hydrogen (secondary N) is 1. The summed E-state index contributed by atoms with van der Waals surface area (Å²) in [6.45, 7) is 5.67. The van der Waals surface area contributed by atoms with Gasteiger partial charge in [0.2, 0.25) is 0 Å². The Kier molecular flexibility index (Phi) is 2.33. The van der Waals surface area contributed by atoms with E-state index in [1.54, 1.807) is 0 Å². The molecule has 1 aliphatic heterocycles. The van der Waals surface area contributed by atoms with Crippen LogP contribution in [0.2, 0.25) is 0 Å². The van der Waals surface area contributed by atoms with E-state index in [9.17, 15) is 0 Å². The summed E-state index contributed by atoms with van der Waals surface area (Å²) < 4.78 is 5.11. The Balaban J connectivity index is 2.20. The van der Waals surface area contributed by atoms with Gasteiger partial charge in [-0.15, -0.1) is 0 Å². The predicted molar refractivity (Wildman–Crippen MR) is 58.6 cm³/mol. The number of benzene rings is 1. The third-order valence-electron chi connectivity index (χ3n) is 2.73. The number of nitrogen functional groups attached to an aromatic ring is 1. The van der Waals surface area contributed by atoms with Gasteiger partial charge in [-0.1, -0.05) is 6.07 Å². The second-order valence-electron chi connectivity index (χ2n) is 3.85. The summed E-state index contributed by atoms with van der Waals surface area (Å²) in [6, 6.07) is 4.58. The number of hydrogen-bond acceptors (Lipinski definition) is 3. The summed E-state index contributed by atoms with van der Waals surface area (Å²) in [7, 11) is 0. The fourth-order valence-electron chi connectivity index (χ4n) is 1.56. The number of aryl methyl sites for hydroxylation is 1. The molecular weight excluding hydrogens is 176 g/mol. The van der Waals surface area contributed by atoms with Crippen LogP contribution in [0.1, 0.15) is 11.1 Å². The molecule has 1 aliphatic rings. The van der Waals surface area contributed by atoms with Crippen molar-refractivity contribution in [2.24, 2.45) is 0 Å². The Bertz CT molecular complexity index is 345. The van der Waals surface area contributed by atoms with Crippen LogP contribution < -0.4 is 11.1 Å². The molecule has 1 fully saturated rings. The van der Waals surface area contributed by atoms with Crippen LogP contribution in [0, 0.1) is 13.8 Å². The van der Waals surface area contributed by atoms with E-state index in [4.69, 9.17) is 10.5 Å². The summed E-state index contributed by atoms with van der Waals surface area (Å²) >= 11 is 0. The molecule has 2 rings (SSSR count). The Morgan fingerprint density at radius 1 is 1.36 bits per heavy atom. The van der Waals surface area contributed by atoms with E-state index in [1.165, 1.54) is 0 Å². The van der Waals surface area contributed by atoms with Crippen molar-refractivity contribution in [3.8, 4) is 0 Å². The number of rotatable bonds is 2. The third-order valence-corrected chi connectivity index (χ3v) is 2.73. The van der Waals surface area contributed by atoms with Crippen molar-refractivity contribution in [2.45, 2.75) is 19.9 Å². The smallest absolute Gasteiger partial charge is 0.0728 e. The van der Waals surface area contributed by atoms with Crippen LogP contribution in [-0.2, 0) is 4.74 Å². The van der Waals surface area contributed by atoms with E-state index < -0.39 is 0 Å². The lowest BCUT2D eigenvalue weighted by Gasteiger charge is -2.29. The van der Waals surface area contributed by atoms with E-state index in [-0.39, 0.29) is 0 Å². The van der Waals surface area contributed by atoms with Crippen molar-refractivity contribution in [2.75, 3.05) is 24.3 Å². The fourth-order valence-corrected chi connectivity index (χ4v) is 1.56. The molecule has 0 bridgehead atoms. The van der Waals surface area contributed by atoms with E-state index in [2.05, 4.69) is 11.4 Å². The number of ether oxygens (including phenoxy) is 1. The normalized spacial score (nSPS) is 16.4. The van der Waals surface area contributed by atoms with Crippen molar-refractivity contribution in [1.29, 1.82) is 0 Å². The Morgan fingerprint density at radius 2 is 2.07 bits per heavy atom. The van der Waals surface area contributed by atoms with Gasteiger partial charge in [0.1, 0.15) is 0 Å². The van der Waals surface area contributed by atoms with Crippen LogP contribution in [0.4, 0.5) is 11.4 Å². The van der Waals surface area contributed by atoms with Gasteiger partial charge in [0.15, 0.2) is 0 Å². The average Bonchev–Trinajstić information content (AvgIpc) is 2.10. The molecule has 1 heterocycles. The van der Waals surface area contributed by atoms with Crippen molar-refractivity contribution < 1.29 is 4.74 Å². The quantitative estimate of drug-likeness (QED) is 0.701. The van der Waals surface area contributed by atoms with Crippen molar-refractivity contribution in [1.82, 2.24) is 0 Å². The second-order valence-corrected chi connectivity index (χ2v) is 3.85. The Labute approximate surface area is 84.3 Å². The molecule has 0 unspecified atom stereocenters. The highest BCUT2D eigenvalue weighted by Crippen LogP contribution is 2.25. The zero-order valence-corrected chi connectivity index (χ0v) is 8.63. The maximum Gasteiger partial charge on any atom is 0.0728 e. The Hall–Kier alpha value is -1.22. The molecule has 0 amide bonds. The van der Waals surface area contributed by atoms with Gasteiger partial charge in [-0.05, 0) is 31.0 Å². The first-order valence-corrected chi connectivity index (χ1v) is 4.88. The highest BCUT2D eigenvalue weighted by molar-refractivity contribution is 5.66. The maximum atomic E-state index is 5.95. The van der Waals surface area contributed by atoms with Crippen molar-refractivity contribution >= 4 is 11.4 Å². The van der Waals surface area contributed by atoms with Crippen molar-refractivity contribution in [3.05, 3.63) is 23.3 Å². The first kappa shape index (κ1) is 9.34. The van der Waals surface area contributed by atoms with Gasteiger partial charge in [-0.25, -0.2) is 0 Å². The summed E-state index contributed by atoms with van der Waals surface area (Å²) in [5.41, 5.74) is 10.2. The molecule has 0 saturated carbocycles. The lowest BCUT2D eigenvalue weighted by atomic mass is 10.1. The minimum absolute atomic E-state index is 0.454. The molecule has 0 aliphatic carbocycles. The van der Waals surface area contributed by atoms with Gasteiger partial charge in [0.25, 0.3) is 0 Å². The molecule has 0 atom stereocenters. The van der Waals surface area contributed by atoms with Crippen LogP contribution in [0.3, 0.4) is 0 Å². The lowest BCUT2D eigenvalue weighted by molar-refractivity contribution is 0.0211. The van der Waals surface area contributed by atoms with Gasteiger partial charge in [0, 0.05) is 11.4 Å². The van der Waals surface area contributed by atoms with Crippen molar-refractivity contribution in [3.63, 3.8) is 0 Å². The van der Waals surface area contributed by atoms with Gasteiger partial charge in [-0.2, -0.15) is 0 Å².